The smallest absolute Gasteiger partial charge is 0.340 e. The Labute approximate surface area is 214 Å². The Morgan fingerprint density at radius 3 is 2.73 bits per heavy atom. The Morgan fingerprint density at radius 1 is 1.24 bits per heavy atom. The van der Waals surface area contributed by atoms with Gasteiger partial charge in [-0.2, -0.15) is 0 Å². The van der Waals surface area contributed by atoms with Crippen molar-refractivity contribution in [3.05, 3.63) is 52.9 Å². The molecule has 1 aliphatic rings. The van der Waals surface area contributed by atoms with Gasteiger partial charge in [0.1, 0.15) is 23.7 Å². The number of amides is 1. The predicted octanol–water partition coefficient (Wildman–Crippen LogP) is 4.81. The van der Waals surface area contributed by atoms with Crippen LogP contribution in [0.3, 0.4) is 0 Å². The summed E-state index contributed by atoms with van der Waals surface area (Å²) >= 11 is 0. The van der Waals surface area contributed by atoms with Gasteiger partial charge >= 0.3 is 5.97 Å². The highest BCUT2D eigenvalue weighted by atomic mass is 16.5. The van der Waals surface area contributed by atoms with Crippen molar-refractivity contribution >= 4 is 39.4 Å². The van der Waals surface area contributed by atoms with Crippen LogP contribution in [0.25, 0.3) is 21.9 Å². The van der Waals surface area contributed by atoms with Crippen molar-refractivity contribution in [1.82, 2.24) is 9.88 Å². The first kappa shape index (κ1) is 24.7. The number of aromatic hydroxyl groups is 1. The first-order chi connectivity index (χ1) is 17.7. The zero-order chi connectivity index (χ0) is 26.4. The lowest BCUT2D eigenvalue weighted by Gasteiger charge is -2.16. The fourth-order valence-electron chi connectivity index (χ4n) is 5.12. The third-order valence-electron chi connectivity index (χ3n) is 7.00. The summed E-state index contributed by atoms with van der Waals surface area (Å²) in [5, 5.41) is 12.2. The van der Waals surface area contributed by atoms with Crippen LogP contribution >= 0.6 is 0 Å². The lowest BCUT2D eigenvalue weighted by atomic mass is 9.93. The molecule has 2 N–H and O–H groups in total. The number of aromatic nitrogens is 1. The highest BCUT2D eigenvalue weighted by Gasteiger charge is 2.38. The van der Waals surface area contributed by atoms with E-state index in [0.717, 1.165) is 23.9 Å². The molecule has 1 amide bonds. The predicted molar refractivity (Wildman–Crippen MR) is 141 cm³/mol. The summed E-state index contributed by atoms with van der Waals surface area (Å²) in [6.07, 6.45) is 0.745. The van der Waals surface area contributed by atoms with Gasteiger partial charge in [0.2, 0.25) is 0 Å². The van der Waals surface area contributed by atoms with Crippen LogP contribution in [-0.4, -0.2) is 67.8 Å². The lowest BCUT2D eigenvalue weighted by Crippen LogP contribution is -2.29. The number of phenolic OH excluding ortho intramolecular Hbond substituents is 1. The topological polar surface area (TPSA) is 108 Å². The molecule has 2 aromatic heterocycles. The molecule has 0 saturated carbocycles. The average molecular weight is 506 g/mol. The van der Waals surface area contributed by atoms with Crippen molar-refractivity contribution in [2.45, 2.75) is 26.2 Å². The molecule has 0 bridgehead atoms. The van der Waals surface area contributed by atoms with Gasteiger partial charge in [0.15, 0.2) is 5.76 Å². The highest BCUT2D eigenvalue weighted by molar-refractivity contribution is 6.14. The first-order valence-corrected chi connectivity index (χ1v) is 12.3. The van der Waals surface area contributed by atoms with E-state index in [1.807, 2.05) is 38.1 Å². The van der Waals surface area contributed by atoms with Crippen molar-refractivity contribution in [3.8, 4) is 11.5 Å². The van der Waals surface area contributed by atoms with Gasteiger partial charge in [-0.05, 0) is 57.3 Å². The Bertz CT molecular complexity index is 1520. The van der Waals surface area contributed by atoms with E-state index in [-0.39, 0.29) is 23.3 Å². The van der Waals surface area contributed by atoms with E-state index in [4.69, 9.17) is 13.9 Å². The quantitative estimate of drug-likeness (QED) is 0.347. The van der Waals surface area contributed by atoms with Gasteiger partial charge in [0, 0.05) is 41.5 Å². The Hall–Kier alpha value is -3.98. The van der Waals surface area contributed by atoms with E-state index in [0.29, 0.717) is 52.3 Å². The largest absolute Gasteiger partial charge is 0.506 e. The van der Waals surface area contributed by atoms with Gasteiger partial charge in [-0.25, -0.2) is 4.79 Å². The van der Waals surface area contributed by atoms with Crippen LogP contribution in [0.15, 0.2) is 34.7 Å². The monoisotopic (exact) mass is 505 g/mol. The number of ether oxygens (including phenoxy) is 2. The number of anilines is 1. The normalized spacial score (nSPS) is 15.1. The van der Waals surface area contributed by atoms with Crippen molar-refractivity contribution < 1.29 is 28.6 Å². The van der Waals surface area contributed by atoms with Crippen LogP contribution in [0.2, 0.25) is 0 Å². The van der Waals surface area contributed by atoms with Crippen molar-refractivity contribution in [2.75, 3.05) is 45.8 Å². The molecule has 0 spiro atoms. The number of fused-ring (bicyclic) bond motifs is 4. The molecule has 0 unspecified atom stereocenters. The summed E-state index contributed by atoms with van der Waals surface area (Å²) in [4.78, 5) is 33.1. The molecule has 5 rings (SSSR count). The van der Waals surface area contributed by atoms with Crippen LogP contribution < -0.4 is 9.64 Å². The van der Waals surface area contributed by atoms with Crippen LogP contribution in [-0.2, 0) is 4.74 Å². The molecule has 9 heteroatoms. The number of nitrogens with zero attached hydrogens (tertiary/aromatic N) is 2. The number of phenols is 1. The molecular weight excluding hydrogens is 474 g/mol. The molecule has 4 aromatic rings. The lowest BCUT2D eigenvalue weighted by molar-refractivity contribution is 0.0602. The highest BCUT2D eigenvalue weighted by Crippen LogP contribution is 2.48. The number of carbonyl (C=O) groups is 2. The van der Waals surface area contributed by atoms with Gasteiger partial charge in [0.25, 0.3) is 5.91 Å². The molecule has 0 radical (unpaired) electrons. The molecule has 0 saturated heterocycles. The fraction of sp³-hybridized carbons (Fsp3) is 0.357. The number of benzene rings is 2. The number of aryl methyl sites for hydroxylation is 1. The maximum Gasteiger partial charge on any atom is 0.340 e. The molecule has 9 nitrogen and oxygen atoms in total. The summed E-state index contributed by atoms with van der Waals surface area (Å²) < 4.78 is 16.8. The van der Waals surface area contributed by atoms with E-state index in [1.165, 1.54) is 7.11 Å². The minimum absolute atomic E-state index is 0.0262. The van der Waals surface area contributed by atoms with Gasteiger partial charge in [-0.15, -0.1) is 0 Å². The minimum Gasteiger partial charge on any atom is -0.506 e. The molecule has 0 aliphatic carbocycles. The fourth-order valence-corrected chi connectivity index (χ4v) is 5.12. The Morgan fingerprint density at radius 2 is 2.03 bits per heavy atom. The molecule has 1 atom stereocenters. The third-order valence-corrected chi connectivity index (χ3v) is 7.00. The maximum atomic E-state index is 13.7. The molecule has 194 valence electrons. The Balaban J connectivity index is 1.54. The SMILES string of the molecule is CC[C@@H]1CN(C(=O)c2cc3cc(OCCN(C)C)ccc3o2)c2cc(O)c3[nH]c(C)c(C(=O)OC)c3c21. The van der Waals surface area contributed by atoms with E-state index < -0.39 is 5.97 Å². The number of esters is 1. The van der Waals surface area contributed by atoms with E-state index in [2.05, 4.69) is 4.98 Å². The molecule has 1 aliphatic heterocycles. The van der Waals surface area contributed by atoms with Gasteiger partial charge < -0.3 is 33.8 Å². The molecule has 2 aromatic carbocycles. The number of likely N-dealkylation sites (N-methyl/N-ethyl adjacent to an activating group) is 1. The summed E-state index contributed by atoms with van der Waals surface area (Å²) in [6, 6.07) is 8.78. The third kappa shape index (κ3) is 4.19. The summed E-state index contributed by atoms with van der Waals surface area (Å²) in [7, 11) is 5.30. The van der Waals surface area contributed by atoms with Crippen molar-refractivity contribution in [2.24, 2.45) is 0 Å². The van der Waals surface area contributed by atoms with Crippen LogP contribution in [0.4, 0.5) is 5.69 Å². The number of H-pyrrole nitrogens is 1. The molecule has 3 heterocycles. The second-order valence-corrected chi connectivity index (χ2v) is 9.68. The number of carbonyl (C=O) groups excluding carboxylic acids is 2. The van der Waals surface area contributed by atoms with Crippen LogP contribution in [0.1, 0.15) is 51.4 Å². The second-order valence-electron chi connectivity index (χ2n) is 9.68. The van der Waals surface area contributed by atoms with E-state index >= 15 is 0 Å². The number of methoxy groups -OCH3 is 1. The Kier molecular flexibility index (Phi) is 6.33. The summed E-state index contributed by atoms with van der Waals surface area (Å²) in [6.45, 7) is 5.55. The van der Waals surface area contributed by atoms with Gasteiger partial charge in [-0.1, -0.05) is 6.92 Å². The van der Waals surface area contributed by atoms with Gasteiger partial charge in [0.05, 0.1) is 23.9 Å². The van der Waals surface area contributed by atoms with Crippen molar-refractivity contribution in [3.63, 3.8) is 0 Å². The molecular formula is C28H31N3O6. The van der Waals surface area contributed by atoms with Crippen molar-refractivity contribution in [1.29, 1.82) is 0 Å². The second kappa shape index (κ2) is 9.48. The summed E-state index contributed by atoms with van der Waals surface area (Å²) in [5.41, 5.74) is 3.45. The molecule has 0 fully saturated rings. The van der Waals surface area contributed by atoms with Crippen LogP contribution in [0.5, 0.6) is 11.5 Å². The van der Waals surface area contributed by atoms with Gasteiger partial charge in [-0.3, -0.25) is 4.79 Å². The van der Waals surface area contributed by atoms with Crippen LogP contribution in [0, 0.1) is 6.92 Å². The number of hydrogen-bond acceptors (Lipinski definition) is 7. The zero-order valence-electron chi connectivity index (χ0n) is 21.7. The standard InChI is InChI=1S/C28H31N3O6/c1-6-16-14-31(19-13-20(32)26-25(24(16)19)23(15(2)29-26)28(34)35-5)27(33)22-12-17-11-18(7-8-21(17)37-22)36-10-9-30(3)4/h7-8,11-13,16,29,32H,6,9-10,14H2,1-5H3/t16-/m1/s1. The minimum atomic E-state index is -0.489. The number of nitrogens with one attached hydrogen (secondary N) is 1. The summed E-state index contributed by atoms with van der Waals surface area (Å²) in [5.74, 6) is 0.0388. The number of hydrogen-bond donors (Lipinski definition) is 2. The van der Waals surface area contributed by atoms with E-state index in [1.54, 1.807) is 30.0 Å². The number of rotatable bonds is 7. The molecule has 37 heavy (non-hydrogen) atoms. The van der Waals surface area contributed by atoms with E-state index in [9.17, 15) is 14.7 Å². The average Bonchev–Trinajstić information content (AvgIpc) is 3.55. The number of aromatic amines is 1. The first-order valence-electron chi connectivity index (χ1n) is 12.3. The number of furan rings is 1. The maximum absolute atomic E-state index is 13.7. The zero-order valence-corrected chi connectivity index (χ0v) is 21.7.